The predicted octanol–water partition coefficient (Wildman–Crippen LogP) is 3.10. The van der Waals surface area contributed by atoms with Crippen LogP contribution < -0.4 is 11.1 Å². The molecule has 0 bridgehead atoms. The lowest BCUT2D eigenvalue weighted by Gasteiger charge is -2.17. The van der Waals surface area contributed by atoms with Crippen LogP contribution in [0.3, 0.4) is 0 Å². The third-order valence-corrected chi connectivity index (χ3v) is 4.31. The minimum absolute atomic E-state index is 0.179. The van der Waals surface area contributed by atoms with E-state index in [1.54, 1.807) is 18.2 Å². The van der Waals surface area contributed by atoms with Crippen molar-refractivity contribution in [1.29, 1.82) is 0 Å². The maximum atomic E-state index is 12.8. The quantitative estimate of drug-likeness (QED) is 0.608. The molecular formula is C23H20N2O4. The van der Waals surface area contributed by atoms with E-state index in [4.69, 9.17) is 10.5 Å². The second-order valence-corrected chi connectivity index (χ2v) is 6.32. The number of nitrogens with one attached hydrogen (secondary N) is 1. The fraction of sp³-hybridized carbons (Fsp3) is 0.0870. The number of carbonyl (C=O) groups excluding carboxylic acids is 3. The van der Waals surface area contributed by atoms with Crippen molar-refractivity contribution in [2.75, 3.05) is 11.9 Å². The van der Waals surface area contributed by atoms with Crippen molar-refractivity contribution in [3.05, 3.63) is 102 Å². The van der Waals surface area contributed by atoms with Crippen LogP contribution in [0.2, 0.25) is 0 Å². The van der Waals surface area contributed by atoms with Gasteiger partial charge in [-0.2, -0.15) is 0 Å². The van der Waals surface area contributed by atoms with Gasteiger partial charge in [-0.05, 0) is 23.3 Å². The Morgan fingerprint density at radius 1 is 0.793 bits per heavy atom. The topological polar surface area (TPSA) is 98.5 Å². The number of esters is 1. The SMILES string of the molecule is NC(=O)c1ccccc1NC(=O)COC(=O)C(c1ccccc1)c1ccccc1. The van der Waals surface area contributed by atoms with Gasteiger partial charge < -0.3 is 15.8 Å². The van der Waals surface area contributed by atoms with Crippen molar-refractivity contribution in [1.82, 2.24) is 0 Å². The molecule has 0 aliphatic rings. The first-order valence-corrected chi connectivity index (χ1v) is 9.01. The van der Waals surface area contributed by atoms with Crippen LogP contribution in [0.5, 0.6) is 0 Å². The van der Waals surface area contributed by atoms with Gasteiger partial charge in [0.25, 0.3) is 11.8 Å². The van der Waals surface area contributed by atoms with E-state index in [1.807, 2.05) is 60.7 Å². The standard InChI is InChI=1S/C23H20N2O4/c24-22(27)18-13-7-8-14-19(18)25-20(26)15-29-23(28)21(16-9-3-1-4-10-16)17-11-5-2-6-12-17/h1-14,21H,15H2,(H2,24,27)(H,25,26). The number of hydrogen-bond donors (Lipinski definition) is 2. The molecule has 0 aromatic heterocycles. The first-order valence-electron chi connectivity index (χ1n) is 9.01. The molecular weight excluding hydrogens is 368 g/mol. The molecule has 3 aromatic carbocycles. The lowest BCUT2D eigenvalue weighted by molar-refractivity contribution is -0.147. The van der Waals surface area contributed by atoms with E-state index < -0.39 is 30.3 Å². The van der Waals surface area contributed by atoms with E-state index in [1.165, 1.54) is 6.07 Å². The van der Waals surface area contributed by atoms with Crippen LogP contribution in [0.15, 0.2) is 84.9 Å². The molecule has 0 atom stereocenters. The third kappa shape index (κ3) is 5.07. The van der Waals surface area contributed by atoms with Gasteiger partial charge in [0.1, 0.15) is 5.92 Å². The molecule has 6 heteroatoms. The Morgan fingerprint density at radius 2 is 1.31 bits per heavy atom. The van der Waals surface area contributed by atoms with Crippen LogP contribution in [0.1, 0.15) is 27.4 Å². The zero-order chi connectivity index (χ0) is 20.6. The number of primary amides is 1. The van der Waals surface area contributed by atoms with Crippen molar-refractivity contribution in [2.24, 2.45) is 5.73 Å². The Labute approximate surface area is 168 Å². The normalized spacial score (nSPS) is 10.4. The minimum Gasteiger partial charge on any atom is -0.455 e. The average molecular weight is 388 g/mol. The molecule has 29 heavy (non-hydrogen) atoms. The summed E-state index contributed by atoms with van der Waals surface area (Å²) in [7, 11) is 0. The zero-order valence-electron chi connectivity index (χ0n) is 15.6. The molecule has 146 valence electrons. The van der Waals surface area contributed by atoms with Crippen LogP contribution in [0, 0.1) is 0 Å². The molecule has 3 aromatic rings. The zero-order valence-corrected chi connectivity index (χ0v) is 15.6. The van der Waals surface area contributed by atoms with E-state index >= 15 is 0 Å². The monoisotopic (exact) mass is 388 g/mol. The number of amides is 2. The minimum atomic E-state index is -0.661. The highest BCUT2D eigenvalue weighted by Gasteiger charge is 2.25. The first-order chi connectivity index (χ1) is 14.1. The Kier molecular flexibility index (Phi) is 6.37. The number of para-hydroxylation sites is 1. The molecule has 3 N–H and O–H groups in total. The summed E-state index contributed by atoms with van der Waals surface area (Å²) in [5.74, 6) is -2.41. The number of carbonyl (C=O) groups is 3. The van der Waals surface area contributed by atoms with Gasteiger partial charge in [-0.25, -0.2) is 0 Å². The molecule has 0 saturated carbocycles. The van der Waals surface area contributed by atoms with E-state index in [2.05, 4.69) is 5.32 Å². The highest BCUT2D eigenvalue weighted by atomic mass is 16.5. The second kappa shape index (κ2) is 9.32. The van der Waals surface area contributed by atoms with Crippen LogP contribution in [0.25, 0.3) is 0 Å². The molecule has 2 amide bonds. The first kappa shape index (κ1) is 19.8. The molecule has 0 unspecified atom stereocenters. The Morgan fingerprint density at radius 3 is 1.86 bits per heavy atom. The van der Waals surface area contributed by atoms with E-state index in [-0.39, 0.29) is 11.3 Å². The smallest absolute Gasteiger partial charge is 0.318 e. The van der Waals surface area contributed by atoms with Crippen LogP contribution in [-0.4, -0.2) is 24.4 Å². The third-order valence-electron chi connectivity index (χ3n) is 4.31. The largest absolute Gasteiger partial charge is 0.455 e. The average Bonchev–Trinajstić information content (AvgIpc) is 2.74. The van der Waals surface area contributed by atoms with E-state index in [9.17, 15) is 14.4 Å². The van der Waals surface area contributed by atoms with Gasteiger partial charge in [-0.15, -0.1) is 0 Å². The highest BCUT2D eigenvalue weighted by molar-refractivity contribution is 6.03. The number of nitrogens with two attached hydrogens (primary N) is 1. The summed E-state index contributed by atoms with van der Waals surface area (Å²) in [6.07, 6.45) is 0. The van der Waals surface area contributed by atoms with Gasteiger partial charge in [0, 0.05) is 0 Å². The Bertz CT molecular complexity index is 964. The Hall–Kier alpha value is -3.93. The van der Waals surface area contributed by atoms with Crippen molar-refractivity contribution < 1.29 is 19.1 Å². The molecule has 0 saturated heterocycles. The lowest BCUT2D eigenvalue weighted by atomic mass is 9.91. The number of ether oxygens (including phenoxy) is 1. The summed E-state index contributed by atoms with van der Waals surface area (Å²) in [6, 6.07) is 24.8. The Balaban J connectivity index is 1.71. The number of rotatable bonds is 7. The predicted molar refractivity (Wildman–Crippen MR) is 109 cm³/mol. The highest BCUT2D eigenvalue weighted by Crippen LogP contribution is 2.26. The maximum absolute atomic E-state index is 12.8. The summed E-state index contributed by atoms with van der Waals surface area (Å²) in [5, 5.41) is 2.55. The molecule has 0 aliphatic carbocycles. The summed E-state index contributed by atoms with van der Waals surface area (Å²) in [6.45, 7) is -0.484. The van der Waals surface area contributed by atoms with Crippen molar-refractivity contribution in [3.63, 3.8) is 0 Å². The van der Waals surface area contributed by atoms with Gasteiger partial charge in [0.2, 0.25) is 0 Å². The van der Waals surface area contributed by atoms with Gasteiger partial charge in [0.15, 0.2) is 6.61 Å². The lowest BCUT2D eigenvalue weighted by Crippen LogP contribution is -2.25. The van der Waals surface area contributed by atoms with Crippen LogP contribution in [-0.2, 0) is 14.3 Å². The van der Waals surface area contributed by atoms with Gasteiger partial charge >= 0.3 is 5.97 Å². The number of benzene rings is 3. The number of anilines is 1. The molecule has 6 nitrogen and oxygen atoms in total. The molecule has 0 aliphatic heterocycles. The maximum Gasteiger partial charge on any atom is 0.318 e. The molecule has 0 heterocycles. The molecule has 0 radical (unpaired) electrons. The van der Waals surface area contributed by atoms with E-state index in [0.29, 0.717) is 0 Å². The summed E-state index contributed by atoms with van der Waals surface area (Å²) in [5.41, 5.74) is 7.29. The van der Waals surface area contributed by atoms with Gasteiger partial charge in [-0.1, -0.05) is 72.8 Å². The van der Waals surface area contributed by atoms with Crippen LogP contribution in [0.4, 0.5) is 5.69 Å². The molecule has 3 rings (SSSR count). The van der Waals surface area contributed by atoms with Crippen LogP contribution >= 0.6 is 0 Å². The summed E-state index contributed by atoms with van der Waals surface area (Å²) < 4.78 is 5.28. The molecule has 0 spiro atoms. The summed E-state index contributed by atoms with van der Waals surface area (Å²) in [4.78, 5) is 36.5. The molecule has 0 fully saturated rings. The van der Waals surface area contributed by atoms with Gasteiger partial charge in [0.05, 0.1) is 11.3 Å². The van der Waals surface area contributed by atoms with Gasteiger partial charge in [-0.3, -0.25) is 14.4 Å². The fourth-order valence-electron chi connectivity index (χ4n) is 2.97. The van der Waals surface area contributed by atoms with Crippen molar-refractivity contribution in [2.45, 2.75) is 5.92 Å². The summed E-state index contributed by atoms with van der Waals surface area (Å²) >= 11 is 0. The van der Waals surface area contributed by atoms with E-state index in [0.717, 1.165) is 11.1 Å². The van der Waals surface area contributed by atoms with Crippen molar-refractivity contribution in [3.8, 4) is 0 Å². The van der Waals surface area contributed by atoms with Crippen molar-refractivity contribution >= 4 is 23.5 Å². The number of hydrogen-bond acceptors (Lipinski definition) is 4. The fourth-order valence-corrected chi connectivity index (χ4v) is 2.97. The second-order valence-electron chi connectivity index (χ2n) is 6.32.